The van der Waals surface area contributed by atoms with Gasteiger partial charge in [-0.1, -0.05) is 54.6 Å². The van der Waals surface area contributed by atoms with Gasteiger partial charge in [0.2, 0.25) is 0 Å². The van der Waals surface area contributed by atoms with Crippen molar-refractivity contribution in [3.63, 3.8) is 0 Å². The second-order valence-electron chi connectivity index (χ2n) is 9.80. The van der Waals surface area contributed by atoms with E-state index >= 15 is 0 Å². The molecule has 1 saturated carbocycles. The monoisotopic (exact) mass is 398 g/mol. The molecule has 0 radical (unpaired) electrons. The summed E-state index contributed by atoms with van der Waals surface area (Å²) in [6.07, 6.45) is 6.08. The molecule has 1 aliphatic carbocycles. The van der Waals surface area contributed by atoms with Gasteiger partial charge in [0.25, 0.3) is 0 Å². The van der Waals surface area contributed by atoms with Crippen LogP contribution in [0.25, 0.3) is 17.0 Å². The van der Waals surface area contributed by atoms with E-state index in [4.69, 9.17) is 0 Å². The highest BCUT2D eigenvalue weighted by molar-refractivity contribution is 5.85. The Hall–Kier alpha value is -2.36. The molecule has 2 aromatic carbocycles. The van der Waals surface area contributed by atoms with Gasteiger partial charge in [-0.05, 0) is 67.2 Å². The smallest absolute Gasteiger partial charge is 0.0756 e. The molecule has 154 valence electrons. The minimum Gasteiger partial charge on any atom is -0.389 e. The van der Waals surface area contributed by atoms with Gasteiger partial charge in [-0.25, -0.2) is 0 Å². The maximum atomic E-state index is 11.0. The summed E-state index contributed by atoms with van der Waals surface area (Å²) >= 11 is 0. The van der Waals surface area contributed by atoms with Crippen molar-refractivity contribution in [1.29, 1.82) is 0 Å². The van der Waals surface area contributed by atoms with Gasteiger partial charge in [0.15, 0.2) is 0 Å². The first-order valence-corrected chi connectivity index (χ1v) is 11.4. The van der Waals surface area contributed by atoms with Crippen LogP contribution in [0.2, 0.25) is 0 Å². The molecule has 1 aromatic heterocycles. The lowest BCUT2D eigenvalue weighted by Gasteiger charge is -2.55. The average Bonchev–Trinajstić information content (AvgIpc) is 3.14. The van der Waals surface area contributed by atoms with Crippen LogP contribution >= 0.6 is 0 Å². The molecule has 6 rings (SSSR count). The zero-order chi connectivity index (χ0) is 20.3. The second kappa shape index (κ2) is 6.83. The number of H-pyrrole nitrogens is 1. The molecule has 0 spiro atoms. The van der Waals surface area contributed by atoms with Crippen molar-refractivity contribution in [3.8, 4) is 0 Å². The fraction of sp³-hybridized carbons (Fsp3) is 0.407. The number of aliphatic hydroxyl groups excluding tert-OH is 1. The number of piperidine rings is 1. The number of nitrogens with zero attached hydrogens (tertiary/aromatic N) is 1. The third-order valence-electron chi connectivity index (χ3n) is 8.07. The molecule has 0 unspecified atom stereocenters. The third kappa shape index (κ3) is 2.79. The Kier molecular flexibility index (Phi) is 4.19. The van der Waals surface area contributed by atoms with Crippen LogP contribution in [0.3, 0.4) is 0 Å². The third-order valence-corrected chi connectivity index (χ3v) is 8.07. The largest absolute Gasteiger partial charge is 0.389 e. The molecule has 3 aliphatic rings. The van der Waals surface area contributed by atoms with Crippen molar-refractivity contribution in [2.24, 2.45) is 11.8 Å². The van der Waals surface area contributed by atoms with Crippen molar-refractivity contribution in [2.45, 2.75) is 44.2 Å². The highest BCUT2D eigenvalue weighted by Crippen LogP contribution is 2.51. The number of rotatable bonds is 1. The van der Waals surface area contributed by atoms with Crippen molar-refractivity contribution < 1.29 is 5.11 Å². The van der Waals surface area contributed by atoms with Crippen molar-refractivity contribution in [3.05, 3.63) is 77.0 Å². The van der Waals surface area contributed by atoms with Gasteiger partial charge in [-0.2, -0.15) is 0 Å². The van der Waals surface area contributed by atoms with Crippen LogP contribution in [0.15, 0.2) is 60.2 Å². The zero-order valence-corrected chi connectivity index (χ0v) is 17.6. The molecular formula is C27H30N2O. The van der Waals surface area contributed by atoms with E-state index in [0.29, 0.717) is 11.8 Å². The number of nitrogens with one attached hydrogen (secondary N) is 1. The molecule has 0 bridgehead atoms. The van der Waals surface area contributed by atoms with E-state index in [1.165, 1.54) is 33.3 Å². The van der Waals surface area contributed by atoms with Gasteiger partial charge < -0.3 is 10.1 Å². The maximum Gasteiger partial charge on any atom is 0.0756 e. The minimum atomic E-state index is -0.313. The topological polar surface area (TPSA) is 39.3 Å². The summed E-state index contributed by atoms with van der Waals surface area (Å²) in [7, 11) is 0. The molecular weight excluding hydrogens is 368 g/mol. The summed E-state index contributed by atoms with van der Waals surface area (Å²) < 4.78 is 0. The van der Waals surface area contributed by atoms with Crippen LogP contribution in [0.4, 0.5) is 0 Å². The lowest BCUT2D eigenvalue weighted by molar-refractivity contribution is -0.0402. The summed E-state index contributed by atoms with van der Waals surface area (Å²) in [5.74, 6) is 1.22. The van der Waals surface area contributed by atoms with Gasteiger partial charge in [-0.3, -0.25) is 4.90 Å². The number of aromatic nitrogens is 1. The predicted octanol–water partition coefficient (Wildman–Crippen LogP) is 5.12. The highest BCUT2D eigenvalue weighted by Gasteiger charge is 2.49. The molecule has 2 N–H and O–H groups in total. The lowest BCUT2D eigenvalue weighted by Crippen LogP contribution is -2.57. The van der Waals surface area contributed by atoms with Gasteiger partial charge >= 0.3 is 0 Å². The Morgan fingerprint density at radius 2 is 1.87 bits per heavy atom. The Bertz CT molecular complexity index is 1110. The summed E-state index contributed by atoms with van der Waals surface area (Å²) in [4.78, 5) is 6.51. The quantitative estimate of drug-likeness (QED) is 0.597. The minimum absolute atomic E-state index is 0.0497. The van der Waals surface area contributed by atoms with Gasteiger partial charge in [-0.15, -0.1) is 0 Å². The van der Waals surface area contributed by atoms with Crippen molar-refractivity contribution in [1.82, 2.24) is 9.88 Å². The van der Waals surface area contributed by atoms with E-state index in [1.54, 1.807) is 0 Å². The summed E-state index contributed by atoms with van der Waals surface area (Å²) in [5.41, 5.74) is 6.68. The fourth-order valence-electron chi connectivity index (χ4n) is 6.51. The van der Waals surface area contributed by atoms with Crippen LogP contribution in [-0.2, 0) is 12.0 Å². The molecule has 3 heterocycles. The standard InChI is InChI=1S/C27H30N2O/c1-27-16-20-15-25(30)19(13-18-7-3-2-4-8-18)14-21(20)17-29(27)12-11-23-22-9-5-6-10-24(22)28-26(23)27/h2-10,13,20-21,25,28,30H,11-12,14-17H2,1H3/b19-13+/t20-,21-,25-,27-/m1/s1. The number of hydrogen-bond acceptors (Lipinski definition) is 2. The fourth-order valence-corrected chi connectivity index (χ4v) is 6.51. The first kappa shape index (κ1) is 18.4. The predicted molar refractivity (Wildman–Crippen MR) is 122 cm³/mol. The molecule has 30 heavy (non-hydrogen) atoms. The SMILES string of the molecule is C[C@]12C[C@H]3C[C@@H](O)/C(=C/c4ccccc4)C[C@@H]3CN1CCc1c2[nH]c2ccccc12. The summed E-state index contributed by atoms with van der Waals surface area (Å²) in [6.45, 7) is 4.70. The molecule has 2 aliphatic heterocycles. The molecule has 1 saturated heterocycles. The zero-order valence-electron chi connectivity index (χ0n) is 17.6. The number of hydrogen-bond donors (Lipinski definition) is 2. The maximum absolute atomic E-state index is 11.0. The lowest BCUT2D eigenvalue weighted by atomic mass is 9.64. The highest BCUT2D eigenvalue weighted by atomic mass is 16.3. The molecule has 3 heteroatoms. The number of fused-ring (bicyclic) bond motifs is 6. The van der Waals surface area contributed by atoms with E-state index in [9.17, 15) is 5.11 Å². The van der Waals surface area contributed by atoms with Gasteiger partial charge in [0.05, 0.1) is 11.6 Å². The summed E-state index contributed by atoms with van der Waals surface area (Å²) in [5, 5.41) is 12.4. The number of benzene rings is 2. The Morgan fingerprint density at radius 1 is 1.07 bits per heavy atom. The van der Waals surface area contributed by atoms with E-state index in [0.717, 1.165) is 38.8 Å². The van der Waals surface area contributed by atoms with Crippen LogP contribution < -0.4 is 0 Å². The van der Waals surface area contributed by atoms with E-state index in [2.05, 4.69) is 71.4 Å². The van der Waals surface area contributed by atoms with Crippen LogP contribution in [0, 0.1) is 11.8 Å². The van der Waals surface area contributed by atoms with Gasteiger partial charge in [0, 0.05) is 29.7 Å². The molecule has 3 aromatic rings. The van der Waals surface area contributed by atoms with Gasteiger partial charge in [0.1, 0.15) is 0 Å². The molecule has 3 nitrogen and oxygen atoms in total. The van der Waals surface area contributed by atoms with E-state index in [1.807, 2.05) is 6.07 Å². The van der Waals surface area contributed by atoms with Crippen LogP contribution in [0.1, 0.15) is 43.0 Å². The Labute approximate surface area is 178 Å². The normalized spacial score (nSPS) is 32.6. The van der Waals surface area contributed by atoms with Crippen molar-refractivity contribution in [2.75, 3.05) is 13.1 Å². The van der Waals surface area contributed by atoms with E-state index in [-0.39, 0.29) is 11.6 Å². The number of aliphatic hydroxyl groups is 1. The van der Waals surface area contributed by atoms with Crippen molar-refractivity contribution >= 4 is 17.0 Å². The number of para-hydroxylation sites is 1. The molecule has 2 fully saturated rings. The molecule has 0 amide bonds. The van der Waals surface area contributed by atoms with Crippen LogP contribution in [0.5, 0.6) is 0 Å². The first-order chi connectivity index (χ1) is 14.6. The second-order valence-corrected chi connectivity index (χ2v) is 9.80. The Morgan fingerprint density at radius 3 is 2.73 bits per heavy atom. The average molecular weight is 399 g/mol. The summed E-state index contributed by atoms with van der Waals surface area (Å²) in [6, 6.07) is 19.2. The van der Waals surface area contributed by atoms with Crippen LogP contribution in [-0.4, -0.2) is 34.2 Å². The first-order valence-electron chi connectivity index (χ1n) is 11.4. The number of aromatic amines is 1. The Balaban J connectivity index is 1.32. The van der Waals surface area contributed by atoms with E-state index < -0.39 is 0 Å². The molecule has 4 atom stereocenters.